The van der Waals surface area contributed by atoms with Crippen molar-refractivity contribution in [1.29, 1.82) is 0 Å². The number of hydrogen-bond acceptors (Lipinski definition) is 5. The molecule has 0 saturated heterocycles. The third kappa shape index (κ3) is 9.37. The van der Waals surface area contributed by atoms with E-state index < -0.39 is 0 Å². The Hall–Kier alpha value is -7.15. The van der Waals surface area contributed by atoms with E-state index in [0.717, 1.165) is 39.9 Å². The van der Waals surface area contributed by atoms with Crippen LogP contribution in [0.5, 0.6) is 11.5 Å². The molecule has 386 valence electrons. The zero-order valence-corrected chi connectivity index (χ0v) is 48.2. The molecule has 1 aliphatic rings. The minimum absolute atomic E-state index is 0.0310. The maximum absolute atomic E-state index is 6.95. The number of rotatable bonds is 7. The normalized spacial score (nSPS) is 13.6. The van der Waals surface area contributed by atoms with Gasteiger partial charge in [0.15, 0.2) is 0 Å². The molecule has 0 N–H and O–H groups in total. The fourth-order valence-corrected chi connectivity index (χ4v) is 12.1. The van der Waals surface area contributed by atoms with Crippen molar-refractivity contribution in [3.63, 3.8) is 0 Å². The molecule has 4 heterocycles. The van der Waals surface area contributed by atoms with Gasteiger partial charge in [-0.15, -0.1) is 11.3 Å². The molecule has 0 amide bonds. The summed E-state index contributed by atoms with van der Waals surface area (Å²) in [6.45, 7) is 35.4. The zero-order chi connectivity index (χ0) is 53.9. The molecule has 1 aliphatic heterocycles. The number of fused-ring (bicyclic) bond motifs is 6. The van der Waals surface area contributed by atoms with E-state index in [9.17, 15) is 0 Å². The minimum Gasteiger partial charge on any atom is -0.457 e. The Kier molecular flexibility index (Phi) is 12.3. The van der Waals surface area contributed by atoms with Crippen molar-refractivity contribution in [3.05, 3.63) is 192 Å². The van der Waals surface area contributed by atoms with Crippen LogP contribution in [0.2, 0.25) is 0 Å². The minimum atomic E-state index is -0.0444. The fraction of sp³-hybridized carbons (Fsp3) is 0.300. The molecule has 0 atom stereocenters. The lowest BCUT2D eigenvalue weighted by atomic mass is 9.77. The molecule has 0 radical (unpaired) electrons. The molecule has 0 fully saturated rings. The van der Waals surface area contributed by atoms with Crippen LogP contribution in [0, 0.1) is 0 Å². The molecular formula is C70H74N4OS. The maximum atomic E-state index is 6.95. The highest BCUT2D eigenvalue weighted by Gasteiger charge is 2.33. The Labute approximate surface area is 455 Å². The summed E-state index contributed by atoms with van der Waals surface area (Å²) in [6.07, 6.45) is 1.95. The van der Waals surface area contributed by atoms with E-state index in [-0.39, 0.29) is 27.1 Å². The van der Waals surface area contributed by atoms with Crippen molar-refractivity contribution in [2.45, 2.75) is 131 Å². The van der Waals surface area contributed by atoms with Gasteiger partial charge in [-0.25, -0.2) is 4.98 Å². The number of para-hydroxylation sites is 3. The first-order valence-electron chi connectivity index (χ1n) is 27.1. The second-order valence-corrected chi connectivity index (χ2v) is 27.4. The van der Waals surface area contributed by atoms with Gasteiger partial charge in [-0.1, -0.05) is 195 Å². The maximum Gasteiger partial charge on any atom is 0.137 e. The van der Waals surface area contributed by atoms with Crippen molar-refractivity contribution >= 4 is 65.3 Å². The van der Waals surface area contributed by atoms with E-state index >= 15 is 0 Å². The third-order valence-electron chi connectivity index (χ3n) is 15.5. The van der Waals surface area contributed by atoms with Gasteiger partial charge in [0.2, 0.25) is 0 Å². The fourth-order valence-electron chi connectivity index (χ4n) is 10.8. The Bertz CT molecular complexity index is 3710. The highest BCUT2D eigenvalue weighted by molar-refractivity contribution is 7.26. The average Bonchev–Trinajstić information content (AvgIpc) is 4.08. The Morgan fingerprint density at radius 3 is 1.55 bits per heavy atom. The van der Waals surface area contributed by atoms with Crippen LogP contribution >= 0.6 is 11.3 Å². The standard InChI is InChI=1S/C70H74N4OS/c1-66(2,3)46-32-33-71-62(40-46)74-60-42-53(30-31-56(60)65-64(74)57-24-16-19-29-61(57)76-65)75-52-23-20-22-51(41-52)72-43-73(59-28-18-17-27-58(59)72)63-54(44-34-47(67(4,5)6)38-48(35-44)68(7,8)9)25-21-26-55(63)45-36-49(69(10,11)12)39-50(37-45)70(13,14)15/h16-42H,43H2,1-15H3. The second-order valence-electron chi connectivity index (χ2n) is 26.3. The molecule has 0 bridgehead atoms. The molecule has 6 heteroatoms. The number of anilines is 4. The zero-order valence-electron chi connectivity index (χ0n) is 47.4. The van der Waals surface area contributed by atoms with E-state index in [1.807, 2.05) is 17.5 Å². The van der Waals surface area contributed by atoms with Gasteiger partial charge in [-0.05, 0) is 121 Å². The molecule has 3 aromatic heterocycles. The molecule has 0 spiro atoms. The van der Waals surface area contributed by atoms with Gasteiger partial charge in [-0.3, -0.25) is 4.57 Å². The quantitative estimate of drug-likeness (QED) is 0.159. The number of hydrogen-bond donors (Lipinski definition) is 0. The van der Waals surface area contributed by atoms with Gasteiger partial charge in [0.25, 0.3) is 0 Å². The van der Waals surface area contributed by atoms with Crippen LogP contribution in [0.25, 0.3) is 59.3 Å². The van der Waals surface area contributed by atoms with Crippen molar-refractivity contribution in [2.24, 2.45) is 0 Å². The van der Waals surface area contributed by atoms with Crippen LogP contribution in [0.3, 0.4) is 0 Å². The Morgan fingerprint density at radius 2 is 0.974 bits per heavy atom. The Balaban J connectivity index is 1.04. The van der Waals surface area contributed by atoms with Crippen molar-refractivity contribution in [3.8, 4) is 39.6 Å². The lowest BCUT2D eigenvalue weighted by Crippen LogP contribution is -2.25. The number of benzene rings is 7. The number of thiophene rings is 1. The van der Waals surface area contributed by atoms with Gasteiger partial charge in [0, 0.05) is 50.6 Å². The van der Waals surface area contributed by atoms with Crippen LogP contribution in [0.15, 0.2) is 164 Å². The van der Waals surface area contributed by atoms with Gasteiger partial charge < -0.3 is 14.5 Å². The van der Waals surface area contributed by atoms with Crippen LogP contribution in [-0.4, -0.2) is 16.2 Å². The summed E-state index contributed by atoms with van der Waals surface area (Å²) < 4.78 is 11.8. The van der Waals surface area contributed by atoms with E-state index in [4.69, 9.17) is 9.72 Å². The first kappa shape index (κ1) is 51.0. The molecule has 10 aromatic rings. The molecule has 76 heavy (non-hydrogen) atoms. The van der Waals surface area contributed by atoms with Crippen molar-refractivity contribution < 1.29 is 4.74 Å². The largest absolute Gasteiger partial charge is 0.457 e. The van der Waals surface area contributed by atoms with Crippen LogP contribution in [0.1, 0.15) is 132 Å². The van der Waals surface area contributed by atoms with Gasteiger partial charge in [-0.2, -0.15) is 0 Å². The predicted octanol–water partition coefficient (Wildman–Crippen LogP) is 20.3. The number of ether oxygens (including phenoxy) is 1. The topological polar surface area (TPSA) is 33.5 Å². The number of aromatic nitrogens is 2. The van der Waals surface area contributed by atoms with Gasteiger partial charge >= 0.3 is 0 Å². The summed E-state index contributed by atoms with van der Waals surface area (Å²) in [7, 11) is 0. The van der Waals surface area contributed by atoms with Crippen molar-refractivity contribution in [2.75, 3.05) is 16.5 Å². The molecular weight excluding hydrogens is 945 g/mol. The summed E-state index contributed by atoms with van der Waals surface area (Å²) in [5.41, 5.74) is 18.1. The second kappa shape index (κ2) is 18.3. The first-order chi connectivity index (χ1) is 35.8. The summed E-state index contributed by atoms with van der Waals surface area (Å²) >= 11 is 1.84. The summed E-state index contributed by atoms with van der Waals surface area (Å²) in [4.78, 5) is 10.0. The smallest absolute Gasteiger partial charge is 0.137 e. The summed E-state index contributed by atoms with van der Waals surface area (Å²) in [5.74, 6) is 2.45. The summed E-state index contributed by atoms with van der Waals surface area (Å²) in [5, 5.41) is 2.42. The SMILES string of the molecule is CC(C)(C)c1cc(-c2cccc(-c3cc(C(C)(C)C)cc(C(C)(C)C)c3)c2N2CN(c3cccc(Oc4ccc5c6sc7ccccc7c6n(-c6cc(C(C)(C)C)ccn6)c5c4)c3)c3ccccc32)cc(C(C)(C)C)c1. The van der Waals surface area contributed by atoms with Crippen LogP contribution < -0.4 is 14.5 Å². The molecule has 7 aromatic carbocycles. The van der Waals surface area contributed by atoms with Gasteiger partial charge in [0.1, 0.15) is 24.0 Å². The van der Waals surface area contributed by atoms with Crippen LogP contribution in [-0.2, 0) is 27.1 Å². The van der Waals surface area contributed by atoms with Crippen LogP contribution in [0.4, 0.5) is 22.7 Å². The van der Waals surface area contributed by atoms with E-state index in [1.165, 1.54) is 81.4 Å². The highest BCUT2D eigenvalue weighted by atomic mass is 32.1. The summed E-state index contributed by atoms with van der Waals surface area (Å²) in [6, 6.07) is 58.8. The molecule has 5 nitrogen and oxygen atoms in total. The lowest BCUT2D eigenvalue weighted by molar-refractivity contribution is 0.483. The van der Waals surface area contributed by atoms with E-state index in [1.54, 1.807) is 0 Å². The third-order valence-corrected chi connectivity index (χ3v) is 16.7. The molecule has 0 unspecified atom stereocenters. The first-order valence-corrected chi connectivity index (χ1v) is 27.9. The predicted molar refractivity (Wildman–Crippen MR) is 327 cm³/mol. The number of nitrogens with zero attached hydrogens (tertiary/aromatic N) is 4. The Morgan fingerprint density at radius 1 is 0.447 bits per heavy atom. The molecule has 0 saturated carbocycles. The average molecular weight is 1020 g/mol. The van der Waals surface area contributed by atoms with Crippen molar-refractivity contribution in [1.82, 2.24) is 9.55 Å². The van der Waals surface area contributed by atoms with E-state index in [0.29, 0.717) is 6.67 Å². The monoisotopic (exact) mass is 1020 g/mol. The lowest BCUT2D eigenvalue weighted by Gasteiger charge is -2.31. The highest BCUT2D eigenvalue weighted by Crippen LogP contribution is 2.52. The molecule has 0 aliphatic carbocycles. The molecule has 11 rings (SSSR count). The van der Waals surface area contributed by atoms with E-state index in [2.05, 4.69) is 276 Å². The number of pyridine rings is 1. The van der Waals surface area contributed by atoms with Gasteiger partial charge in [0.05, 0.1) is 32.8 Å².